The number of ketones is 1. The molecule has 1 fully saturated rings. The molecule has 0 spiro atoms. The number of halogens is 1. The Morgan fingerprint density at radius 3 is 2.26 bits per heavy atom. The molecule has 3 atom stereocenters. The van der Waals surface area contributed by atoms with Crippen LogP contribution >= 0.6 is 0 Å². The van der Waals surface area contributed by atoms with Gasteiger partial charge in [-0.2, -0.15) is 0 Å². The highest BCUT2D eigenvalue weighted by Crippen LogP contribution is 2.48. The van der Waals surface area contributed by atoms with Crippen molar-refractivity contribution in [1.82, 2.24) is 9.21 Å². The summed E-state index contributed by atoms with van der Waals surface area (Å²) < 4.78 is 44.2. The molecule has 1 heterocycles. The number of aromatic hydroxyl groups is 2. The summed E-state index contributed by atoms with van der Waals surface area (Å²) >= 11 is 0. The van der Waals surface area contributed by atoms with Crippen LogP contribution in [0.2, 0.25) is 0 Å². The van der Waals surface area contributed by atoms with E-state index in [0.717, 1.165) is 0 Å². The van der Waals surface area contributed by atoms with E-state index in [0.29, 0.717) is 29.7 Å². The summed E-state index contributed by atoms with van der Waals surface area (Å²) in [5, 5.41) is 21.1. The van der Waals surface area contributed by atoms with Crippen LogP contribution in [-0.2, 0) is 10.0 Å². The third-order valence-corrected chi connectivity index (χ3v) is 10.6. The molecule has 0 bridgehead atoms. The molecule has 3 aromatic carbocycles. The molecule has 3 aromatic rings. The predicted molar refractivity (Wildman–Crippen MR) is 168 cm³/mol. The van der Waals surface area contributed by atoms with Crippen molar-refractivity contribution in [3.8, 4) is 11.5 Å². The maximum absolute atomic E-state index is 15.0. The number of rotatable bonds is 11. The first-order valence-corrected chi connectivity index (χ1v) is 16.5. The number of Topliss-reactive ketones (excluding diaryl/α,β-unsaturated/α-hetero) is 1. The minimum absolute atomic E-state index is 0.0149. The van der Waals surface area contributed by atoms with Gasteiger partial charge in [0.1, 0.15) is 17.3 Å². The molecule has 0 unspecified atom stereocenters. The number of para-hydroxylation sites is 1. The van der Waals surface area contributed by atoms with Gasteiger partial charge in [-0.3, -0.25) is 9.69 Å². The van der Waals surface area contributed by atoms with Gasteiger partial charge in [0.05, 0.1) is 5.75 Å². The fourth-order valence-corrected chi connectivity index (χ4v) is 8.08. The molecule has 4 rings (SSSR count). The maximum atomic E-state index is 15.0. The number of piperidine rings is 1. The van der Waals surface area contributed by atoms with Crippen LogP contribution in [0.3, 0.4) is 0 Å². The first-order chi connectivity index (χ1) is 20.3. The largest absolute Gasteiger partial charge is 0.508 e. The highest BCUT2D eigenvalue weighted by molar-refractivity contribution is 7.89. The number of nitrogens with zero attached hydrogens (tertiary/aromatic N) is 2. The smallest absolute Gasteiger partial charge is 0.214 e. The van der Waals surface area contributed by atoms with Crippen molar-refractivity contribution in [2.24, 2.45) is 5.92 Å². The van der Waals surface area contributed by atoms with Crippen molar-refractivity contribution in [3.63, 3.8) is 0 Å². The Morgan fingerprint density at radius 1 is 0.953 bits per heavy atom. The van der Waals surface area contributed by atoms with Crippen LogP contribution in [-0.4, -0.2) is 71.1 Å². The number of benzene rings is 3. The number of phenols is 2. The van der Waals surface area contributed by atoms with E-state index in [1.807, 2.05) is 0 Å². The number of sulfonamides is 1. The molecule has 0 amide bonds. The summed E-state index contributed by atoms with van der Waals surface area (Å²) in [6.07, 6.45) is 0.425. The zero-order chi connectivity index (χ0) is 31.5. The van der Waals surface area contributed by atoms with Gasteiger partial charge in [0.25, 0.3) is 0 Å². The van der Waals surface area contributed by atoms with Gasteiger partial charge < -0.3 is 10.2 Å². The standard InChI is InChI=1S/C34H43FN2O5S/c1-22(2)37(23(3)4)17-10-18-43(41,42)36-20-29(28-13-6-7-16-32(28)39)33(27-14-9-15-31(35)24(27)5)30(21-36)34(40)25-11-8-12-26(38)19-25/h6-9,11-16,19,22-23,29-30,33,38-39H,10,17-18,20-21H2,1-5H3/t29-,30+,33-/m1/s1. The molecule has 9 heteroatoms. The highest BCUT2D eigenvalue weighted by atomic mass is 32.2. The van der Waals surface area contributed by atoms with Crippen LogP contribution in [0.5, 0.6) is 11.5 Å². The quantitative estimate of drug-likeness (QED) is 0.256. The van der Waals surface area contributed by atoms with Crippen LogP contribution in [0.15, 0.2) is 66.7 Å². The molecule has 0 radical (unpaired) electrons. The number of hydrogen-bond acceptors (Lipinski definition) is 6. The number of phenolic OH excluding ortho intramolecular Hbond substituents is 2. The molecule has 0 aliphatic carbocycles. The van der Waals surface area contributed by atoms with Crippen molar-refractivity contribution in [3.05, 3.63) is 94.8 Å². The maximum Gasteiger partial charge on any atom is 0.214 e. The topological polar surface area (TPSA) is 98.2 Å². The normalized spacial score (nSPS) is 19.8. The van der Waals surface area contributed by atoms with Crippen molar-refractivity contribution in [2.75, 3.05) is 25.4 Å². The monoisotopic (exact) mass is 610 g/mol. The molecule has 0 aromatic heterocycles. The second-order valence-electron chi connectivity index (χ2n) is 12.1. The van der Waals surface area contributed by atoms with Gasteiger partial charge >= 0.3 is 0 Å². The van der Waals surface area contributed by atoms with Crippen LogP contribution < -0.4 is 0 Å². The molecule has 0 saturated carbocycles. The minimum Gasteiger partial charge on any atom is -0.508 e. The lowest BCUT2D eigenvalue weighted by atomic mass is 9.68. The lowest BCUT2D eigenvalue weighted by Crippen LogP contribution is -2.50. The van der Waals surface area contributed by atoms with E-state index < -0.39 is 33.6 Å². The number of carbonyl (C=O) groups is 1. The molecule has 43 heavy (non-hydrogen) atoms. The van der Waals surface area contributed by atoms with Crippen LogP contribution in [0.1, 0.15) is 73.0 Å². The first-order valence-electron chi connectivity index (χ1n) is 14.9. The van der Waals surface area contributed by atoms with E-state index in [-0.39, 0.29) is 53.8 Å². The van der Waals surface area contributed by atoms with Crippen molar-refractivity contribution >= 4 is 15.8 Å². The molecule has 2 N–H and O–H groups in total. The molecule has 1 saturated heterocycles. The average Bonchev–Trinajstić information content (AvgIpc) is 2.95. The van der Waals surface area contributed by atoms with Crippen molar-refractivity contribution < 1.29 is 27.8 Å². The van der Waals surface area contributed by atoms with Crippen LogP contribution in [0.25, 0.3) is 0 Å². The summed E-state index contributed by atoms with van der Waals surface area (Å²) in [7, 11) is -3.82. The average molecular weight is 611 g/mol. The van der Waals surface area contributed by atoms with Gasteiger partial charge in [-0.15, -0.1) is 0 Å². The summed E-state index contributed by atoms with van der Waals surface area (Å²) in [4.78, 5) is 16.5. The van der Waals surface area contributed by atoms with Gasteiger partial charge in [-0.1, -0.05) is 42.5 Å². The predicted octanol–water partition coefficient (Wildman–Crippen LogP) is 6.07. The first kappa shape index (κ1) is 32.6. The molecule has 1 aliphatic heterocycles. The van der Waals surface area contributed by atoms with Gasteiger partial charge in [-0.05, 0) is 88.5 Å². The number of carbonyl (C=O) groups excluding carboxylic acids is 1. The Balaban J connectivity index is 1.80. The molecule has 232 valence electrons. The second kappa shape index (κ2) is 13.6. The van der Waals surface area contributed by atoms with E-state index in [4.69, 9.17) is 0 Å². The zero-order valence-corrected chi connectivity index (χ0v) is 26.4. The Labute approximate surface area is 255 Å². The van der Waals surface area contributed by atoms with E-state index in [1.165, 1.54) is 28.6 Å². The fourth-order valence-electron chi connectivity index (χ4n) is 6.55. The lowest BCUT2D eigenvalue weighted by Gasteiger charge is -2.44. The summed E-state index contributed by atoms with van der Waals surface area (Å²) in [6, 6.07) is 18.0. The number of hydrogen-bond donors (Lipinski definition) is 2. The van der Waals surface area contributed by atoms with E-state index in [1.54, 1.807) is 49.4 Å². The Morgan fingerprint density at radius 2 is 1.60 bits per heavy atom. The van der Waals surface area contributed by atoms with Gasteiger partial charge in [0, 0.05) is 48.5 Å². The molecular formula is C34H43FN2O5S. The lowest BCUT2D eigenvalue weighted by molar-refractivity contribution is 0.0824. The second-order valence-corrected chi connectivity index (χ2v) is 14.2. The molecule has 1 aliphatic rings. The minimum atomic E-state index is -3.82. The van der Waals surface area contributed by atoms with Gasteiger partial charge in [-0.25, -0.2) is 17.1 Å². The summed E-state index contributed by atoms with van der Waals surface area (Å²) in [5.41, 5.74) is 1.70. The summed E-state index contributed by atoms with van der Waals surface area (Å²) in [5.74, 6) is -3.14. The van der Waals surface area contributed by atoms with Crippen molar-refractivity contribution in [2.45, 2.75) is 65.0 Å². The summed E-state index contributed by atoms with van der Waals surface area (Å²) in [6.45, 7) is 10.5. The zero-order valence-electron chi connectivity index (χ0n) is 25.6. The van der Waals surface area contributed by atoms with Crippen LogP contribution in [0, 0.1) is 18.7 Å². The van der Waals surface area contributed by atoms with E-state index in [9.17, 15) is 27.8 Å². The SMILES string of the molecule is Cc1c(F)cccc1[C@H]1[C@@H](C(=O)c2cccc(O)c2)CN(S(=O)(=O)CCCN(C(C)C)C(C)C)C[C@@H]1c1ccccc1O. The van der Waals surface area contributed by atoms with Crippen molar-refractivity contribution in [1.29, 1.82) is 0 Å². The molecular weight excluding hydrogens is 567 g/mol. The third-order valence-electron chi connectivity index (χ3n) is 8.68. The molecule has 7 nitrogen and oxygen atoms in total. The van der Waals surface area contributed by atoms with E-state index >= 15 is 0 Å². The fraction of sp³-hybridized carbons (Fsp3) is 0.441. The highest BCUT2D eigenvalue weighted by Gasteiger charge is 2.46. The third kappa shape index (κ3) is 7.28. The van der Waals surface area contributed by atoms with Gasteiger partial charge in [0.15, 0.2) is 5.78 Å². The Hall–Kier alpha value is -3.27. The van der Waals surface area contributed by atoms with Crippen LogP contribution in [0.4, 0.5) is 4.39 Å². The Bertz CT molecular complexity index is 1530. The van der Waals surface area contributed by atoms with E-state index in [2.05, 4.69) is 32.6 Å². The Kier molecular flexibility index (Phi) is 10.3. The van der Waals surface area contributed by atoms with Gasteiger partial charge in [0.2, 0.25) is 10.0 Å².